The van der Waals surface area contributed by atoms with Gasteiger partial charge in [0.1, 0.15) is 5.58 Å². The molecule has 0 saturated heterocycles. The third-order valence-electron chi connectivity index (χ3n) is 10.1. The van der Waals surface area contributed by atoms with E-state index >= 15 is 0 Å². The van der Waals surface area contributed by atoms with Gasteiger partial charge >= 0.3 is 0 Å². The Labute approximate surface area is 297 Å². The first-order chi connectivity index (χ1) is 25.8. The molecule has 11 aromatic rings. The molecule has 6 nitrogen and oxygen atoms in total. The number of hydrogen-bond acceptors (Lipinski definition) is 5. The quantitative estimate of drug-likeness (QED) is 0.175. The molecule has 242 valence electrons. The zero-order valence-electron chi connectivity index (χ0n) is 27.7. The Balaban J connectivity index is 1.11. The van der Waals surface area contributed by atoms with Gasteiger partial charge in [-0.05, 0) is 76.1 Å². The van der Waals surface area contributed by atoms with Crippen LogP contribution in [0.2, 0.25) is 0 Å². The van der Waals surface area contributed by atoms with Crippen LogP contribution in [0.3, 0.4) is 0 Å². The summed E-state index contributed by atoms with van der Waals surface area (Å²) < 4.78 is 8.52. The van der Waals surface area contributed by atoms with Gasteiger partial charge in [-0.15, -0.1) is 0 Å². The topological polar surface area (TPSA) is 69.6 Å². The average Bonchev–Trinajstić information content (AvgIpc) is 3.77. The minimum absolute atomic E-state index is 0.579. The maximum absolute atomic E-state index is 6.20. The largest absolute Gasteiger partial charge is 0.454 e. The van der Waals surface area contributed by atoms with Crippen molar-refractivity contribution < 1.29 is 4.42 Å². The van der Waals surface area contributed by atoms with Gasteiger partial charge in [0.05, 0.1) is 17.2 Å². The maximum atomic E-state index is 6.20. The van der Waals surface area contributed by atoms with Crippen molar-refractivity contribution in [2.75, 3.05) is 0 Å². The predicted molar refractivity (Wildman–Crippen MR) is 211 cm³/mol. The van der Waals surface area contributed by atoms with Crippen molar-refractivity contribution in [2.24, 2.45) is 0 Å². The van der Waals surface area contributed by atoms with Crippen LogP contribution in [0.5, 0.6) is 0 Å². The molecule has 0 fully saturated rings. The lowest BCUT2D eigenvalue weighted by Crippen LogP contribution is -2.01. The first-order valence-corrected chi connectivity index (χ1v) is 17.3. The number of benzene rings is 7. The summed E-state index contributed by atoms with van der Waals surface area (Å²) in [6.45, 7) is 0. The zero-order chi connectivity index (χ0) is 34.2. The summed E-state index contributed by atoms with van der Waals surface area (Å²) in [6.07, 6.45) is 3.54. The van der Waals surface area contributed by atoms with Crippen LogP contribution in [0.15, 0.2) is 168 Å². The van der Waals surface area contributed by atoms with Crippen LogP contribution >= 0.6 is 0 Å². The number of pyridine rings is 1. The number of fused-ring (bicyclic) bond motifs is 9. The molecule has 0 aliphatic rings. The van der Waals surface area contributed by atoms with Gasteiger partial charge in [-0.3, -0.25) is 4.98 Å². The van der Waals surface area contributed by atoms with Gasteiger partial charge in [0.2, 0.25) is 0 Å². The van der Waals surface area contributed by atoms with Gasteiger partial charge in [-0.1, -0.05) is 97.1 Å². The van der Waals surface area contributed by atoms with E-state index in [2.05, 4.69) is 143 Å². The molecule has 52 heavy (non-hydrogen) atoms. The summed E-state index contributed by atoms with van der Waals surface area (Å²) in [5, 5.41) is 9.15. The Morgan fingerprint density at radius 2 is 1.10 bits per heavy atom. The van der Waals surface area contributed by atoms with Crippen molar-refractivity contribution in [3.05, 3.63) is 164 Å². The minimum Gasteiger partial charge on any atom is -0.454 e. The minimum atomic E-state index is 0.579. The van der Waals surface area contributed by atoms with Gasteiger partial charge in [-0.2, -0.15) is 0 Å². The van der Waals surface area contributed by atoms with E-state index in [1.54, 1.807) is 12.4 Å². The van der Waals surface area contributed by atoms with Gasteiger partial charge in [0.25, 0.3) is 0 Å². The highest BCUT2D eigenvalue weighted by molar-refractivity contribution is 6.12. The highest BCUT2D eigenvalue weighted by atomic mass is 16.3. The molecule has 4 aromatic heterocycles. The third-order valence-corrected chi connectivity index (χ3v) is 10.1. The fraction of sp³-hybridized carbons (Fsp3) is 0. The third kappa shape index (κ3) is 4.38. The lowest BCUT2D eigenvalue weighted by atomic mass is 10.00. The van der Waals surface area contributed by atoms with Crippen LogP contribution in [0.4, 0.5) is 0 Å². The molecule has 7 aromatic carbocycles. The second-order valence-electron chi connectivity index (χ2n) is 13.1. The smallest absolute Gasteiger partial charge is 0.164 e. The highest BCUT2D eigenvalue weighted by Crippen LogP contribution is 2.37. The molecule has 0 N–H and O–H groups in total. The van der Waals surface area contributed by atoms with E-state index in [0.717, 1.165) is 49.7 Å². The molecule has 0 aliphatic carbocycles. The van der Waals surface area contributed by atoms with E-state index in [1.165, 1.54) is 38.0 Å². The fourth-order valence-electron chi connectivity index (χ4n) is 7.73. The second-order valence-corrected chi connectivity index (χ2v) is 13.1. The number of para-hydroxylation sites is 2. The van der Waals surface area contributed by atoms with Crippen LogP contribution in [0.1, 0.15) is 0 Å². The number of furan rings is 1. The predicted octanol–water partition coefficient (Wildman–Crippen LogP) is 11.6. The van der Waals surface area contributed by atoms with E-state index in [-0.39, 0.29) is 0 Å². The summed E-state index contributed by atoms with van der Waals surface area (Å²) >= 11 is 0. The Morgan fingerprint density at radius 3 is 1.90 bits per heavy atom. The molecule has 0 atom stereocenters. The molecule has 0 saturated carbocycles. The lowest BCUT2D eigenvalue weighted by Gasteiger charge is -2.12. The van der Waals surface area contributed by atoms with E-state index in [9.17, 15) is 0 Å². The van der Waals surface area contributed by atoms with Crippen molar-refractivity contribution in [1.82, 2.24) is 24.5 Å². The highest BCUT2D eigenvalue weighted by Gasteiger charge is 2.19. The molecule has 4 heterocycles. The van der Waals surface area contributed by atoms with E-state index in [0.29, 0.717) is 17.5 Å². The summed E-state index contributed by atoms with van der Waals surface area (Å²) in [4.78, 5) is 19.7. The first-order valence-electron chi connectivity index (χ1n) is 17.3. The summed E-state index contributed by atoms with van der Waals surface area (Å²) in [5.74, 6) is 1.78. The van der Waals surface area contributed by atoms with Gasteiger partial charge in [0.15, 0.2) is 23.1 Å². The molecule has 11 rings (SSSR count). The standard InChI is InChI=1S/C46H27N5O/c1-2-9-33-28(8-1)16-17-30-26-31(20-23-34(30)33)45-48-44(49-46(50-45)38-12-7-15-41-43(38)37-24-25-47-27-42(37)52-41)29-18-21-32(22-19-29)51-39-13-5-3-10-35(39)36-11-4-6-14-40(36)51/h1-27H. The summed E-state index contributed by atoms with van der Waals surface area (Å²) in [5.41, 5.74) is 7.58. The number of rotatable bonds is 4. The molecular formula is C46H27N5O. The van der Waals surface area contributed by atoms with Crippen LogP contribution in [0.25, 0.3) is 105 Å². The zero-order valence-corrected chi connectivity index (χ0v) is 27.7. The van der Waals surface area contributed by atoms with E-state index in [1.807, 2.05) is 18.2 Å². The van der Waals surface area contributed by atoms with Gasteiger partial charge in [0, 0.05) is 50.1 Å². The van der Waals surface area contributed by atoms with Crippen molar-refractivity contribution in [3.63, 3.8) is 0 Å². The van der Waals surface area contributed by atoms with Gasteiger partial charge in [-0.25, -0.2) is 15.0 Å². The van der Waals surface area contributed by atoms with Crippen LogP contribution in [0, 0.1) is 0 Å². The Morgan fingerprint density at radius 1 is 0.442 bits per heavy atom. The Hall–Kier alpha value is -7.18. The fourth-order valence-corrected chi connectivity index (χ4v) is 7.73. The average molecular weight is 666 g/mol. The van der Waals surface area contributed by atoms with Crippen molar-refractivity contribution in [1.29, 1.82) is 0 Å². The van der Waals surface area contributed by atoms with Crippen molar-refractivity contribution >= 4 is 65.3 Å². The Bertz CT molecular complexity index is 3140. The monoisotopic (exact) mass is 665 g/mol. The van der Waals surface area contributed by atoms with Crippen LogP contribution in [-0.4, -0.2) is 24.5 Å². The summed E-state index contributed by atoms with van der Waals surface area (Å²) in [7, 11) is 0. The molecular weight excluding hydrogens is 639 g/mol. The number of aromatic nitrogens is 5. The maximum Gasteiger partial charge on any atom is 0.164 e. The number of hydrogen-bond donors (Lipinski definition) is 0. The van der Waals surface area contributed by atoms with Crippen molar-refractivity contribution in [3.8, 4) is 39.9 Å². The second kappa shape index (κ2) is 11.2. The summed E-state index contributed by atoms with van der Waals surface area (Å²) in [6, 6.07) is 52.9. The number of nitrogens with zero attached hydrogens (tertiary/aromatic N) is 5. The Kier molecular flexibility index (Phi) is 6.15. The molecule has 0 aliphatic heterocycles. The molecule has 0 radical (unpaired) electrons. The van der Waals surface area contributed by atoms with E-state index in [4.69, 9.17) is 19.4 Å². The van der Waals surface area contributed by atoms with Crippen molar-refractivity contribution in [2.45, 2.75) is 0 Å². The van der Waals surface area contributed by atoms with E-state index < -0.39 is 0 Å². The lowest BCUT2D eigenvalue weighted by molar-refractivity contribution is 0.667. The normalized spacial score (nSPS) is 11.8. The molecule has 0 unspecified atom stereocenters. The SMILES string of the molecule is c1ccc2c(c1)ccc1cc(-c3nc(-c4ccc(-n5c6ccccc6c6ccccc65)cc4)nc(-c4cccc5oc6cnccc6c45)n3)ccc12. The molecule has 6 heteroatoms. The van der Waals surface area contributed by atoms with Crippen LogP contribution < -0.4 is 0 Å². The van der Waals surface area contributed by atoms with Gasteiger partial charge < -0.3 is 8.98 Å². The molecule has 0 bridgehead atoms. The first kappa shape index (κ1) is 28.6. The van der Waals surface area contributed by atoms with Crippen LogP contribution in [-0.2, 0) is 0 Å². The molecule has 0 spiro atoms. The molecule has 0 amide bonds.